The Bertz CT molecular complexity index is 19.7. The minimum absolute atomic E-state index is 0. The van der Waals surface area contributed by atoms with Gasteiger partial charge in [0.2, 0.25) is 0 Å². The van der Waals surface area contributed by atoms with Crippen molar-refractivity contribution in [3.63, 3.8) is 0 Å². The SMILES string of the molecule is [Ag].[H-].[InH3].[Li+].[Pd].[Ta].[Zn]. The van der Waals surface area contributed by atoms with E-state index in [0.717, 1.165) is 0 Å². The van der Waals surface area contributed by atoms with Crippen molar-refractivity contribution in [1.82, 2.24) is 0 Å². The van der Waals surface area contributed by atoms with Gasteiger partial charge in [0.25, 0.3) is 0 Å². The molecule has 0 aliphatic carbocycles. The number of hydrogen-bond acceptors (Lipinski definition) is 0. The fraction of sp³-hybridized carbons (Fsp3) is 0. The van der Waals surface area contributed by atoms with Crippen LogP contribution in [0.15, 0.2) is 0 Å². The molecule has 0 aromatic heterocycles. The summed E-state index contributed by atoms with van der Waals surface area (Å²) >= 11 is 0. The van der Waals surface area contributed by atoms with E-state index in [1.54, 1.807) is 0 Å². The van der Waals surface area contributed by atoms with Gasteiger partial charge in [-0.3, -0.25) is 0 Å². The van der Waals surface area contributed by atoms with E-state index in [-0.39, 0.29) is 131 Å². The summed E-state index contributed by atoms with van der Waals surface area (Å²) in [6, 6.07) is 0. The van der Waals surface area contributed by atoms with E-state index < -0.39 is 0 Å². The van der Waals surface area contributed by atoms with Crippen molar-refractivity contribution in [2.45, 2.75) is 0 Å². The number of hydrogen-bond donors (Lipinski definition) is 0. The van der Waals surface area contributed by atoms with Crippen molar-refractivity contribution in [2.75, 3.05) is 0 Å². The van der Waals surface area contributed by atoms with Crippen LogP contribution in [0.4, 0.5) is 0 Å². The van der Waals surface area contributed by atoms with Crippen molar-refractivity contribution >= 4 is 25.8 Å². The average Bonchev–Trinajstić information content (AvgIpc) is 0. The maximum Gasteiger partial charge on any atom is 1.00 e. The summed E-state index contributed by atoms with van der Waals surface area (Å²) in [5, 5.41) is 0. The van der Waals surface area contributed by atoms with Gasteiger partial charge < -0.3 is 1.43 Å². The van der Waals surface area contributed by atoms with E-state index in [4.69, 9.17) is 0 Å². The predicted octanol–water partition coefficient (Wildman–Crippen LogP) is -4.08. The van der Waals surface area contributed by atoms with Crippen LogP contribution in [0.2, 0.25) is 0 Å². The Morgan fingerprint density at radius 3 is 1.17 bits per heavy atom. The first-order valence-electron chi connectivity index (χ1n) is 0. The van der Waals surface area contributed by atoms with Gasteiger partial charge in [-0.15, -0.1) is 0 Å². The first-order valence-corrected chi connectivity index (χ1v) is 0. The van der Waals surface area contributed by atoms with Gasteiger partial charge in [0.15, 0.2) is 0 Å². The zero-order valence-corrected chi connectivity index (χ0v) is 12.0. The molecule has 0 heterocycles. The van der Waals surface area contributed by atoms with Crippen molar-refractivity contribution in [3.8, 4) is 0 Å². The van der Waals surface area contributed by atoms with Crippen LogP contribution in [-0.4, -0.2) is 25.8 Å². The molecule has 0 nitrogen and oxygen atoms in total. The Kier molecular flexibility index (Phi) is 283. The molecule has 6 heteroatoms. The fourth-order valence-corrected chi connectivity index (χ4v) is 0. The molecule has 0 N–H and O–H groups in total. The van der Waals surface area contributed by atoms with Gasteiger partial charge in [0, 0.05) is 84.7 Å². The largest absolute Gasteiger partial charge is 1.00 e. The van der Waals surface area contributed by atoms with Gasteiger partial charge in [0.1, 0.15) is 0 Å². The van der Waals surface area contributed by atoms with Gasteiger partial charge >= 0.3 is 44.7 Å². The van der Waals surface area contributed by atoms with Gasteiger partial charge in [0.05, 0.1) is 0 Å². The molecule has 0 bridgehead atoms. The topological polar surface area (TPSA) is 0 Å². The predicted molar refractivity (Wildman–Crippen MR) is 11.1 cm³/mol. The van der Waals surface area contributed by atoms with E-state index in [9.17, 15) is 0 Å². The molecule has 0 spiro atoms. The molecule has 36 valence electrons. The Morgan fingerprint density at radius 2 is 1.17 bits per heavy atom. The van der Waals surface area contributed by atoms with E-state index >= 15 is 0 Å². The first kappa shape index (κ1) is 48.7. The van der Waals surface area contributed by atoms with Crippen LogP contribution in [-0.2, 0) is 84.7 Å². The van der Waals surface area contributed by atoms with E-state index in [0.29, 0.717) is 0 Å². The van der Waals surface area contributed by atoms with Crippen LogP contribution in [0.3, 0.4) is 0 Å². The third-order valence-electron chi connectivity index (χ3n) is 0. The molecular formula is H4AgInLiPdTaZn. The molecule has 0 aromatic carbocycles. The second-order valence-corrected chi connectivity index (χ2v) is 0. The Balaban J connectivity index is 0. The Hall–Kier alpha value is 4.23. The van der Waals surface area contributed by atoms with Crippen LogP contribution in [0.1, 0.15) is 1.43 Å². The summed E-state index contributed by atoms with van der Waals surface area (Å²) in [6.07, 6.45) is 0. The van der Waals surface area contributed by atoms with Crippen LogP contribution in [0.5, 0.6) is 0 Å². The van der Waals surface area contributed by atoms with Crippen molar-refractivity contribution in [3.05, 3.63) is 0 Å². The van der Waals surface area contributed by atoms with E-state index in [2.05, 4.69) is 0 Å². The van der Waals surface area contributed by atoms with Gasteiger partial charge in [-0.2, -0.15) is 0 Å². The molecule has 0 saturated carbocycles. The van der Waals surface area contributed by atoms with Crippen molar-refractivity contribution in [2.24, 2.45) is 0 Å². The third kappa shape index (κ3) is 24.0. The fourth-order valence-electron chi connectivity index (χ4n) is 0. The van der Waals surface area contributed by atoms with Gasteiger partial charge in [-0.25, -0.2) is 0 Å². The molecule has 0 aromatic rings. The van der Waals surface area contributed by atoms with Crippen LogP contribution < -0.4 is 18.9 Å². The second kappa shape index (κ2) is 34.9. The van der Waals surface area contributed by atoms with Gasteiger partial charge in [-0.05, 0) is 0 Å². The molecule has 0 rings (SSSR count). The van der Waals surface area contributed by atoms with Crippen LogP contribution in [0.25, 0.3) is 0 Å². The van der Waals surface area contributed by atoms with Gasteiger partial charge in [-0.1, -0.05) is 0 Å². The van der Waals surface area contributed by atoms with Crippen molar-refractivity contribution in [1.29, 1.82) is 0 Å². The quantitative estimate of drug-likeness (QED) is 0.254. The zero-order chi connectivity index (χ0) is 0. The molecule has 0 atom stereocenters. The summed E-state index contributed by atoms with van der Waals surface area (Å²) in [4.78, 5) is 0. The summed E-state index contributed by atoms with van der Waals surface area (Å²) in [5.74, 6) is 0. The molecule has 2 radical (unpaired) electrons. The molecule has 0 aliphatic rings. The molecule has 0 aliphatic heterocycles. The van der Waals surface area contributed by atoms with Crippen LogP contribution >= 0.6 is 0 Å². The summed E-state index contributed by atoms with van der Waals surface area (Å²) < 4.78 is 0. The molecule has 0 saturated heterocycles. The summed E-state index contributed by atoms with van der Waals surface area (Å²) in [7, 11) is 0. The minimum atomic E-state index is 0. The van der Waals surface area contributed by atoms with Crippen LogP contribution in [0, 0.1) is 0 Å². The standard InChI is InChI=1S/Ag.In.Li.Pd.Ta.Zn.4H/q;;+1;;;;;;;-1. The summed E-state index contributed by atoms with van der Waals surface area (Å²) in [5.41, 5.74) is 0. The van der Waals surface area contributed by atoms with E-state index in [1.807, 2.05) is 0 Å². The minimum Gasteiger partial charge on any atom is 0 e. The Morgan fingerprint density at radius 1 is 1.17 bits per heavy atom. The summed E-state index contributed by atoms with van der Waals surface area (Å²) in [6.45, 7) is 0. The maximum atomic E-state index is 0. The smallest absolute Gasteiger partial charge is 0 e. The molecular weight excluding hydrogens is 582 g/mol. The first-order chi connectivity index (χ1) is 0. The van der Waals surface area contributed by atoms with E-state index in [1.165, 1.54) is 0 Å². The maximum absolute atomic E-state index is 0. The molecule has 0 amide bonds. The molecule has 0 unspecified atom stereocenters. The zero-order valence-electron chi connectivity index (χ0n) is 3.77. The van der Waals surface area contributed by atoms with Crippen molar-refractivity contribution < 1.29 is 105 Å². The Labute approximate surface area is 128 Å². The molecule has 0 fully saturated rings. The third-order valence-corrected chi connectivity index (χ3v) is 0. The number of rotatable bonds is 0. The second-order valence-electron chi connectivity index (χ2n) is 0. The monoisotopic (exact) mass is 584 g/mol. The average molecular weight is 586 g/mol. The molecule has 6 heavy (non-hydrogen) atoms. The normalized spacial score (nSPS) is 0.